The monoisotopic (exact) mass is 401 g/mol. The SMILES string of the molecule is Cc1ccoc1C(=O)NC1CCN(C(C)C(=O)N(C)Cc2cccc(F)c2)CC1. The zero-order chi connectivity index (χ0) is 21.0. The van der Waals surface area contributed by atoms with Crippen molar-refractivity contribution in [2.75, 3.05) is 20.1 Å². The fourth-order valence-corrected chi connectivity index (χ4v) is 3.75. The average Bonchev–Trinajstić information content (AvgIpc) is 3.13. The Labute approximate surface area is 170 Å². The van der Waals surface area contributed by atoms with E-state index in [0.717, 1.165) is 37.1 Å². The number of carbonyl (C=O) groups excluding carboxylic acids is 2. The number of likely N-dealkylation sites (N-methyl/N-ethyl adjacent to an activating group) is 1. The Bertz CT molecular complexity index is 858. The van der Waals surface area contributed by atoms with Crippen LogP contribution in [0.1, 0.15) is 41.4 Å². The Morgan fingerprint density at radius 3 is 2.66 bits per heavy atom. The number of benzene rings is 1. The zero-order valence-corrected chi connectivity index (χ0v) is 17.2. The summed E-state index contributed by atoms with van der Waals surface area (Å²) in [6.07, 6.45) is 3.06. The largest absolute Gasteiger partial charge is 0.459 e. The number of nitrogens with zero attached hydrogens (tertiary/aromatic N) is 2. The van der Waals surface area contributed by atoms with Crippen LogP contribution < -0.4 is 5.32 Å². The molecule has 1 unspecified atom stereocenters. The first-order valence-corrected chi connectivity index (χ1v) is 9.93. The molecule has 2 heterocycles. The molecule has 0 spiro atoms. The first-order chi connectivity index (χ1) is 13.8. The molecule has 1 aliphatic rings. The van der Waals surface area contributed by atoms with E-state index in [1.807, 2.05) is 19.9 Å². The van der Waals surface area contributed by atoms with Gasteiger partial charge < -0.3 is 14.6 Å². The summed E-state index contributed by atoms with van der Waals surface area (Å²) in [7, 11) is 1.74. The molecule has 3 rings (SSSR count). The highest BCUT2D eigenvalue weighted by Crippen LogP contribution is 2.17. The number of halogens is 1. The van der Waals surface area contributed by atoms with Gasteiger partial charge in [-0.05, 0) is 50.5 Å². The quantitative estimate of drug-likeness (QED) is 0.808. The summed E-state index contributed by atoms with van der Waals surface area (Å²) in [5, 5.41) is 3.02. The van der Waals surface area contributed by atoms with Gasteiger partial charge in [-0.3, -0.25) is 14.5 Å². The van der Waals surface area contributed by atoms with Gasteiger partial charge in [-0.15, -0.1) is 0 Å². The van der Waals surface area contributed by atoms with Gasteiger partial charge in [0.1, 0.15) is 5.82 Å². The number of carbonyl (C=O) groups is 2. The Morgan fingerprint density at radius 2 is 2.03 bits per heavy atom. The van der Waals surface area contributed by atoms with Gasteiger partial charge >= 0.3 is 0 Å². The Hall–Kier alpha value is -2.67. The third kappa shape index (κ3) is 5.23. The molecule has 1 saturated heterocycles. The smallest absolute Gasteiger partial charge is 0.287 e. The third-order valence-corrected chi connectivity index (χ3v) is 5.52. The highest BCUT2D eigenvalue weighted by molar-refractivity contribution is 5.93. The molecule has 1 aliphatic heterocycles. The van der Waals surface area contributed by atoms with Crippen molar-refractivity contribution in [3.63, 3.8) is 0 Å². The van der Waals surface area contributed by atoms with E-state index in [1.165, 1.54) is 18.4 Å². The van der Waals surface area contributed by atoms with Crippen LogP contribution in [-0.2, 0) is 11.3 Å². The van der Waals surface area contributed by atoms with Gasteiger partial charge in [-0.1, -0.05) is 12.1 Å². The minimum absolute atomic E-state index is 0.00274. The normalized spacial score (nSPS) is 16.4. The molecular formula is C22H28FN3O3. The predicted molar refractivity (Wildman–Crippen MR) is 108 cm³/mol. The zero-order valence-electron chi connectivity index (χ0n) is 17.2. The highest BCUT2D eigenvalue weighted by atomic mass is 19.1. The molecule has 0 bridgehead atoms. The van der Waals surface area contributed by atoms with Crippen LogP contribution in [-0.4, -0.2) is 53.8 Å². The number of amides is 2. The van der Waals surface area contributed by atoms with Crippen molar-refractivity contribution in [2.45, 2.75) is 45.3 Å². The van der Waals surface area contributed by atoms with Gasteiger partial charge in [0.25, 0.3) is 5.91 Å². The first kappa shape index (κ1) is 21.0. The van der Waals surface area contributed by atoms with Crippen LogP contribution in [0.5, 0.6) is 0 Å². The molecule has 6 nitrogen and oxygen atoms in total. The van der Waals surface area contributed by atoms with Gasteiger partial charge in [0, 0.05) is 38.3 Å². The maximum atomic E-state index is 13.4. The number of likely N-dealkylation sites (tertiary alicyclic amines) is 1. The second kappa shape index (κ2) is 9.22. The predicted octanol–water partition coefficient (Wildman–Crippen LogP) is 2.97. The molecule has 1 N–H and O–H groups in total. The number of furan rings is 1. The Kier molecular flexibility index (Phi) is 6.69. The first-order valence-electron chi connectivity index (χ1n) is 9.93. The second-order valence-corrected chi connectivity index (χ2v) is 7.72. The van der Waals surface area contributed by atoms with Crippen LogP contribution in [0.15, 0.2) is 41.0 Å². The Balaban J connectivity index is 1.48. The van der Waals surface area contributed by atoms with Gasteiger partial charge in [0.05, 0.1) is 12.3 Å². The van der Waals surface area contributed by atoms with Crippen molar-refractivity contribution in [1.82, 2.24) is 15.1 Å². The van der Waals surface area contributed by atoms with E-state index in [2.05, 4.69) is 10.2 Å². The number of piperidine rings is 1. The minimum Gasteiger partial charge on any atom is -0.459 e. The van der Waals surface area contributed by atoms with Crippen molar-refractivity contribution in [3.05, 3.63) is 59.3 Å². The van der Waals surface area contributed by atoms with E-state index in [0.29, 0.717) is 12.3 Å². The average molecular weight is 401 g/mol. The molecule has 7 heteroatoms. The standard InChI is InChI=1S/C22H28FN3O3/c1-15-9-12-29-20(15)21(27)24-19-7-10-26(11-8-19)16(2)22(28)25(3)14-17-5-4-6-18(23)13-17/h4-6,9,12-13,16,19H,7-8,10-11,14H2,1-3H3,(H,24,27). The number of rotatable bonds is 6. The Morgan fingerprint density at radius 1 is 1.31 bits per heavy atom. The van der Waals surface area contributed by atoms with Crippen LogP contribution in [0.4, 0.5) is 4.39 Å². The van der Waals surface area contributed by atoms with E-state index in [-0.39, 0.29) is 29.7 Å². The lowest BCUT2D eigenvalue weighted by Crippen LogP contribution is -2.51. The van der Waals surface area contributed by atoms with Crippen LogP contribution >= 0.6 is 0 Å². The molecular weight excluding hydrogens is 373 g/mol. The lowest BCUT2D eigenvalue weighted by molar-refractivity contribution is -0.136. The lowest BCUT2D eigenvalue weighted by atomic mass is 10.0. The van der Waals surface area contributed by atoms with E-state index in [1.54, 1.807) is 24.1 Å². The summed E-state index contributed by atoms with van der Waals surface area (Å²) in [5.41, 5.74) is 1.59. The van der Waals surface area contributed by atoms with Crippen LogP contribution in [0.2, 0.25) is 0 Å². The topological polar surface area (TPSA) is 65.8 Å². The molecule has 1 aromatic carbocycles. The van der Waals surface area contributed by atoms with Crippen molar-refractivity contribution >= 4 is 11.8 Å². The van der Waals surface area contributed by atoms with E-state index >= 15 is 0 Å². The van der Waals surface area contributed by atoms with Crippen LogP contribution in [0.25, 0.3) is 0 Å². The number of aryl methyl sites for hydroxylation is 1. The second-order valence-electron chi connectivity index (χ2n) is 7.72. The molecule has 156 valence electrons. The molecule has 1 aromatic heterocycles. The molecule has 0 saturated carbocycles. The van der Waals surface area contributed by atoms with Crippen LogP contribution in [0.3, 0.4) is 0 Å². The highest BCUT2D eigenvalue weighted by Gasteiger charge is 2.29. The lowest BCUT2D eigenvalue weighted by Gasteiger charge is -2.36. The molecule has 0 radical (unpaired) electrons. The van der Waals surface area contributed by atoms with Crippen molar-refractivity contribution in [2.24, 2.45) is 0 Å². The molecule has 0 aliphatic carbocycles. The maximum Gasteiger partial charge on any atom is 0.287 e. The summed E-state index contributed by atoms with van der Waals surface area (Å²) >= 11 is 0. The van der Waals surface area contributed by atoms with Gasteiger partial charge in [0.15, 0.2) is 5.76 Å². The van der Waals surface area contributed by atoms with E-state index < -0.39 is 0 Å². The molecule has 29 heavy (non-hydrogen) atoms. The maximum absolute atomic E-state index is 13.4. The summed E-state index contributed by atoms with van der Waals surface area (Å²) in [5.74, 6) is -0.131. The van der Waals surface area contributed by atoms with Crippen molar-refractivity contribution < 1.29 is 18.4 Å². The van der Waals surface area contributed by atoms with Gasteiger partial charge in [-0.25, -0.2) is 4.39 Å². The number of hydrogen-bond acceptors (Lipinski definition) is 4. The summed E-state index contributed by atoms with van der Waals surface area (Å²) in [4.78, 5) is 28.9. The summed E-state index contributed by atoms with van der Waals surface area (Å²) < 4.78 is 18.6. The summed E-state index contributed by atoms with van der Waals surface area (Å²) in [6, 6.07) is 7.87. The molecule has 1 fully saturated rings. The van der Waals surface area contributed by atoms with Crippen molar-refractivity contribution in [3.8, 4) is 0 Å². The van der Waals surface area contributed by atoms with Gasteiger partial charge in [-0.2, -0.15) is 0 Å². The minimum atomic E-state index is -0.301. The van der Waals surface area contributed by atoms with E-state index in [4.69, 9.17) is 4.42 Å². The number of nitrogens with one attached hydrogen (secondary N) is 1. The molecule has 1 atom stereocenters. The number of hydrogen-bond donors (Lipinski definition) is 1. The van der Waals surface area contributed by atoms with Crippen LogP contribution in [0, 0.1) is 12.7 Å². The van der Waals surface area contributed by atoms with E-state index in [9.17, 15) is 14.0 Å². The molecule has 2 aromatic rings. The third-order valence-electron chi connectivity index (χ3n) is 5.52. The van der Waals surface area contributed by atoms with Crippen molar-refractivity contribution in [1.29, 1.82) is 0 Å². The fraction of sp³-hybridized carbons (Fsp3) is 0.455. The fourth-order valence-electron chi connectivity index (χ4n) is 3.75. The summed E-state index contributed by atoms with van der Waals surface area (Å²) in [6.45, 7) is 5.56. The van der Waals surface area contributed by atoms with Gasteiger partial charge in [0.2, 0.25) is 5.91 Å². The molecule has 2 amide bonds.